The minimum atomic E-state index is -1.01. The fourth-order valence-corrected chi connectivity index (χ4v) is 2.57. The van der Waals surface area contributed by atoms with E-state index in [-0.39, 0.29) is 30.2 Å². The average molecular weight is 266 g/mol. The van der Waals surface area contributed by atoms with Gasteiger partial charge in [-0.05, 0) is 33.1 Å². The first-order chi connectivity index (χ1) is 8.99. The third kappa shape index (κ3) is 2.91. The van der Waals surface area contributed by atoms with Gasteiger partial charge >= 0.3 is 5.97 Å². The molecule has 1 amide bonds. The minimum Gasteiger partial charge on any atom is -0.480 e. The van der Waals surface area contributed by atoms with Crippen LogP contribution in [0.25, 0.3) is 0 Å². The molecule has 0 spiro atoms. The molecular weight excluding hydrogens is 248 g/mol. The van der Waals surface area contributed by atoms with E-state index in [4.69, 9.17) is 5.11 Å². The maximum atomic E-state index is 12.4. The largest absolute Gasteiger partial charge is 0.480 e. The van der Waals surface area contributed by atoms with E-state index in [1.165, 1.54) is 6.20 Å². The number of aromatic nitrogens is 3. The number of piperidine rings is 1. The number of aliphatic carboxylic acids is 1. The van der Waals surface area contributed by atoms with Crippen LogP contribution in [-0.2, 0) is 11.3 Å². The Morgan fingerprint density at radius 3 is 2.58 bits per heavy atom. The van der Waals surface area contributed by atoms with E-state index in [1.54, 1.807) is 0 Å². The van der Waals surface area contributed by atoms with Gasteiger partial charge in [0.25, 0.3) is 5.91 Å². The van der Waals surface area contributed by atoms with Crippen LogP contribution in [0.2, 0.25) is 0 Å². The van der Waals surface area contributed by atoms with Gasteiger partial charge in [0.2, 0.25) is 0 Å². The molecule has 2 unspecified atom stereocenters. The molecule has 1 aromatic heterocycles. The number of likely N-dealkylation sites (tertiary alicyclic amines) is 1. The van der Waals surface area contributed by atoms with Crippen molar-refractivity contribution >= 4 is 11.9 Å². The summed E-state index contributed by atoms with van der Waals surface area (Å²) in [6.07, 6.45) is 4.49. The second kappa shape index (κ2) is 5.38. The first-order valence-corrected chi connectivity index (χ1v) is 6.43. The zero-order valence-corrected chi connectivity index (χ0v) is 11.1. The SMILES string of the molecule is CC1CCCC(C)N1C(=O)c1cn(CC(=O)O)nn1. The van der Waals surface area contributed by atoms with Crippen molar-refractivity contribution < 1.29 is 14.7 Å². The predicted octanol–water partition coefficient (Wildman–Crippen LogP) is 0.766. The Labute approximate surface area is 111 Å². The molecule has 0 saturated carbocycles. The molecule has 1 aromatic rings. The molecule has 1 aliphatic heterocycles. The highest BCUT2D eigenvalue weighted by Crippen LogP contribution is 2.23. The lowest BCUT2D eigenvalue weighted by Crippen LogP contribution is -2.47. The van der Waals surface area contributed by atoms with Crippen molar-refractivity contribution in [3.63, 3.8) is 0 Å². The second-order valence-corrected chi connectivity index (χ2v) is 5.04. The molecule has 0 bridgehead atoms. The Bertz CT molecular complexity index is 475. The van der Waals surface area contributed by atoms with Crippen molar-refractivity contribution in [2.45, 2.75) is 51.7 Å². The summed E-state index contributed by atoms with van der Waals surface area (Å²) in [5.41, 5.74) is 0.210. The number of carbonyl (C=O) groups is 2. The highest BCUT2D eigenvalue weighted by Gasteiger charge is 2.31. The zero-order chi connectivity index (χ0) is 14.0. The molecule has 2 heterocycles. The minimum absolute atomic E-state index is 0.170. The molecule has 7 nitrogen and oxygen atoms in total. The predicted molar refractivity (Wildman–Crippen MR) is 66.6 cm³/mol. The Morgan fingerprint density at radius 1 is 1.37 bits per heavy atom. The smallest absolute Gasteiger partial charge is 0.325 e. The molecule has 104 valence electrons. The van der Waals surface area contributed by atoms with Crippen molar-refractivity contribution in [3.05, 3.63) is 11.9 Å². The van der Waals surface area contributed by atoms with Crippen LogP contribution in [0.1, 0.15) is 43.6 Å². The van der Waals surface area contributed by atoms with E-state index in [1.807, 2.05) is 18.7 Å². The van der Waals surface area contributed by atoms with Gasteiger partial charge in [0.05, 0.1) is 6.20 Å². The van der Waals surface area contributed by atoms with Crippen LogP contribution in [0.5, 0.6) is 0 Å². The molecule has 2 atom stereocenters. The topological polar surface area (TPSA) is 88.3 Å². The van der Waals surface area contributed by atoms with Crippen LogP contribution in [0.15, 0.2) is 6.20 Å². The molecule has 1 aliphatic rings. The van der Waals surface area contributed by atoms with Gasteiger partial charge in [-0.2, -0.15) is 0 Å². The first kappa shape index (κ1) is 13.5. The average Bonchev–Trinajstić information content (AvgIpc) is 2.76. The molecule has 1 N–H and O–H groups in total. The number of nitrogens with zero attached hydrogens (tertiary/aromatic N) is 4. The summed E-state index contributed by atoms with van der Waals surface area (Å²) in [5, 5.41) is 16.1. The molecule has 0 radical (unpaired) electrons. The van der Waals surface area contributed by atoms with Crippen molar-refractivity contribution in [1.82, 2.24) is 19.9 Å². The lowest BCUT2D eigenvalue weighted by Gasteiger charge is -2.38. The van der Waals surface area contributed by atoms with Crippen LogP contribution < -0.4 is 0 Å². The van der Waals surface area contributed by atoms with E-state index < -0.39 is 5.97 Å². The Hall–Kier alpha value is -1.92. The number of hydrogen-bond donors (Lipinski definition) is 1. The third-order valence-electron chi connectivity index (χ3n) is 3.48. The van der Waals surface area contributed by atoms with Crippen molar-refractivity contribution in [1.29, 1.82) is 0 Å². The highest BCUT2D eigenvalue weighted by atomic mass is 16.4. The van der Waals surface area contributed by atoms with E-state index in [0.717, 1.165) is 23.9 Å². The molecule has 2 rings (SSSR count). The van der Waals surface area contributed by atoms with Crippen LogP contribution in [0.4, 0.5) is 0 Å². The second-order valence-electron chi connectivity index (χ2n) is 5.04. The fourth-order valence-electron chi connectivity index (χ4n) is 2.57. The van der Waals surface area contributed by atoms with Gasteiger partial charge in [-0.25, -0.2) is 4.68 Å². The maximum absolute atomic E-state index is 12.4. The van der Waals surface area contributed by atoms with Gasteiger partial charge in [0, 0.05) is 12.1 Å². The van der Waals surface area contributed by atoms with Crippen LogP contribution in [0, 0.1) is 0 Å². The van der Waals surface area contributed by atoms with Gasteiger partial charge in [-0.3, -0.25) is 9.59 Å². The van der Waals surface area contributed by atoms with Gasteiger partial charge in [-0.15, -0.1) is 5.10 Å². The summed E-state index contributed by atoms with van der Waals surface area (Å²) in [6.45, 7) is 3.76. The van der Waals surface area contributed by atoms with Crippen LogP contribution in [0.3, 0.4) is 0 Å². The van der Waals surface area contributed by atoms with E-state index in [2.05, 4.69) is 10.3 Å². The van der Waals surface area contributed by atoms with E-state index >= 15 is 0 Å². The Morgan fingerprint density at radius 2 is 2.00 bits per heavy atom. The van der Waals surface area contributed by atoms with Crippen molar-refractivity contribution in [3.8, 4) is 0 Å². The first-order valence-electron chi connectivity index (χ1n) is 6.43. The molecule has 19 heavy (non-hydrogen) atoms. The summed E-state index contributed by atoms with van der Waals surface area (Å²) in [5.74, 6) is -1.18. The highest BCUT2D eigenvalue weighted by molar-refractivity contribution is 5.92. The van der Waals surface area contributed by atoms with Gasteiger partial charge in [-0.1, -0.05) is 5.21 Å². The molecule has 1 saturated heterocycles. The molecule has 7 heteroatoms. The monoisotopic (exact) mass is 266 g/mol. The van der Waals surface area contributed by atoms with Crippen LogP contribution in [-0.4, -0.2) is 49.0 Å². The maximum Gasteiger partial charge on any atom is 0.325 e. The lowest BCUT2D eigenvalue weighted by molar-refractivity contribution is -0.137. The molecule has 0 aliphatic carbocycles. The van der Waals surface area contributed by atoms with Gasteiger partial charge in [0.15, 0.2) is 5.69 Å². The number of amides is 1. The quantitative estimate of drug-likeness (QED) is 0.872. The standard InChI is InChI=1S/C12H18N4O3/c1-8-4-3-5-9(2)16(8)12(19)10-6-15(14-13-10)7-11(17)18/h6,8-9H,3-5,7H2,1-2H3,(H,17,18). The summed E-state index contributed by atoms with van der Waals surface area (Å²) in [7, 11) is 0. The van der Waals surface area contributed by atoms with Gasteiger partial charge < -0.3 is 10.0 Å². The van der Waals surface area contributed by atoms with Crippen LogP contribution >= 0.6 is 0 Å². The van der Waals surface area contributed by atoms with E-state index in [9.17, 15) is 9.59 Å². The summed E-state index contributed by atoms with van der Waals surface area (Å²) >= 11 is 0. The Kier molecular flexibility index (Phi) is 3.82. The number of carboxylic acids is 1. The fraction of sp³-hybridized carbons (Fsp3) is 0.667. The molecular formula is C12H18N4O3. The molecule has 0 aromatic carbocycles. The number of rotatable bonds is 3. The zero-order valence-electron chi connectivity index (χ0n) is 11.1. The summed E-state index contributed by atoms with van der Waals surface area (Å²) in [6, 6.07) is 0.363. The van der Waals surface area contributed by atoms with Gasteiger partial charge in [0.1, 0.15) is 6.54 Å². The normalized spacial score (nSPS) is 23.4. The summed E-state index contributed by atoms with van der Waals surface area (Å²) < 4.78 is 1.16. The van der Waals surface area contributed by atoms with E-state index in [0.29, 0.717) is 0 Å². The van der Waals surface area contributed by atoms with Crippen molar-refractivity contribution in [2.75, 3.05) is 0 Å². The lowest BCUT2D eigenvalue weighted by atomic mass is 9.97. The number of hydrogen-bond acceptors (Lipinski definition) is 4. The molecule has 1 fully saturated rings. The third-order valence-corrected chi connectivity index (χ3v) is 3.48. The summed E-state index contributed by atoms with van der Waals surface area (Å²) in [4.78, 5) is 24.8. The number of carboxylic acid groups (broad SMARTS) is 1. The van der Waals surface area contributed by atoms with Crippen molar-refractivity contribution in [2.24, 2.45) is 0 Å². The number of carbonyl (C=O) groups excluding carboxylic acids is 1. The Balaban J connectivity index is 2.14.